The first-order chi connectivity index (χ1) is 4.84. The molecule has 0 bridgehead atoms. The highest BCUT2D eigenvalue weighted by Crippen LogP contribution is 1.97. The zero-order valence-corrected chi connectivity index (χ0v) is 6.59. The predicted octanol–water partition coefficient (Wildman–Crippen LogP) is 1.79. The third kappa shape index (κ3) is 1.59. The van der Waals surface area contributed by atoms with Crippen molar-refractivity contribution in [1.29, 1.82) is 0 Å². The van der Waals surface area contributed by atoms with E-state index in [2.05, 4.69) is 18.1 Å². The van der Waals surface area contributed by atoms with E-state index in [1.165, 1.54) is 12.8 Å². The van der Waals surface area contributed by atoms with Crippen LogP contribution in [0.4, 0.5) is 0 Å². The van der Waals surface area contributed by atoms with Crippen molar-refractivity contribution >= 4 is 0 Å². The van der Waals surface area contributed by atoms with Crippen LogP contribution in [-0.2, 0) is 6.54 Å². The van der Waals surface area contributed by atoms with Gasteiger partial charge in [0.1, 0.15) is 0 Å². The Hall–Kier alpha value is -0.790. The highest BCUT2D eigenvalue weighted by Gasteiger charge is 1.93. The van der Waals surface area contributed by atoms with Gasteiger partial charge in [-0.3, -0.25) is 4.68 Å². The lowest BCUT2D eigenvalue weighted by Crippen LogP contribution is -2.01. The molecule has 0 atom stereocenters. The average molecular weight is 137 g/mol. The van der Waals surface area contributed by atoms with Crippen LogP contribution in [0.15, 0.2) is 6.20 Å². The maximum absolute atomic E-state index is 4.11. The van der Waals surface area contributed by atoms with E-state index in [-0.39, 0.29) is 0 Å². The fourth-order valence-electron chi connectivity index (χ4n) is 0.886. The molecule has 0 saturated carbocycles. The Kier molecular flexibility index (Phi) is 2.49. The molecule has 0 saturated heterocycles. The van der Waals surface area contributed by atoms with E-state index < -0.39 is 0 Å². The van der Waals surface area contributed by atoms with E-state index in [0.717, 1.165) is 12.2 Å². The van der Waals surface area contributed by atoms with Gasteiger partial charge < -0.3 is 0 Å². The fourth-order valence-corrected chi connectivity index (χ4v) is 0.886. The van der Waals surface area contributed by atoms with E-state index in [1.54, 1.807) is 6.20 Å². The first-order valence-corrected chi connectivity index (χ1v) is 3.74. The number of hydrogen-bond acceptors (Lipinski definition) is 1. The second-order valence-corrected chi connectivity index (χ2v) is 2.45. The molecule has 1 radical (unpaired) electrons. The molecule has 0 aliphatic heterocycles. The third-order valence-corrected chi connectivity index (χ3v) is 1.58. The number of aromatic nitrogens is 2. The topological polar surface area (TPSA) is 17.8 Å². The molecule has 0 spiro atoms. The summed E-state index contributed by atoms with van der Waals surface area (Å²) in [5, 5.41) is 4.11. The van der Waals surface area contributed by atoms with Crippen LogP contribution in [0.2, 0.25) is 0 Å². The number of unbranched alkanes of at least 4 members (excludes halogenated alkanes) is 1. The molecule has 0 aliphatic rings. The van der Waals surface area contributed by atoms with Gasteiger partial charge in [0.2, 0.25) is 0 Å². The summed E-state index contributed by atoms with van der Waals surface area (Å²) in [5.74, 6) is 0. The van der Waals surface area contributed by atoms with Gasteiger partial charge in [-0.1, -0.05) is 13.3 Å². The molecular formula is C8H13N2. The molecule has 1 aromatic heterocycles. The second kappa shape index (κ2) is 3.40. The van der Waals surface area contributed by atoms with Crippen molar-refractivity contribution in [1.82, 2.24) is 9.78 Å². The Labute approximate surface area is 61.9 Å². The van der Waals surface area contributed by atoms with Crippen molar-refractivity contribution in [2.45, 2.75) is 33.2 Å². The molecule has 0 fully saturated rings. The van der Waals surface area contributed by atoms with Gasteiger partial charge >= 0.3 is 0 Å². The van der Waals surface area contributed by atoms with Crippen LogP contribution in [0, 0.1) is 13.0 Å². The summed E-state index contributed by atoms with van der Waals surface area (Å²) >= 11 is 0. The molecule has 55 valence electrons. The Morgan fingerprint density at radius 2 is 2.50 bits per heavy atom. The number of hydrogen-bond donors (Lipinski definition) is 0. The quantitative estimate of drug-likeness (QED) is 0.621. The first-order valence-electron chi connectivity index (χ1n) is 3.74. The summed E-state index contributed by atoms with van der Waals surface area (Å²) in [4.78, 5) is 0. The second-order valence-electron chi connectivity index (χ2n) is 2.45. The van der Waals surface area contributed by atoms with Gasteiger partial charge in [0.05, 0.1) is 6.20 Å². The van der Waals surface area contributed by atoms with E-state index in [0.29, 0.717) is 0 Å². The van der Waals surface area contributed by atoms with Crippen molar-refractivity contribution in [3.8, 4) is 0 Å². The fraction of sp³-hybridized carbons (Fsp3) is 0.625. The van der Waals surface area contributed by atoms with E-state index in [4.69, 9.17) is 0 Å². The van der Waals surface area contributed by atoms with Gasteiger partial charge in [0.15, 0.2) is 0 Å². The third-order valence-electron chi connectivity index (χ3n) is 1.58. The van der Waals surface area contributed by atoms with Crippen molar-refractivity contribution in [3.05, 3.63) is 18.0 Å². The smallest absolute Gasteiger partial charge is 0.0572 e. The molecule has 0 amide bonds. The molecule has 1 aromatic rings. The molecule has 0 unspecified atom stereocenters. The van der Waals surface area contributed by atoms with Crippen LogP contribution < -0.4 is 0 Å². The maximum atomic E-state index is 4.11. The maximum Gasteiger partial charge on any atom is 0.0572 e. The molecule has 2 heteroatoms. The normalized spacial score (nSPS) is 10.2. The minimum atomic E-state index is 1.03. The summed E-state index contributed by atoms with van der Waals surface area (Å²) < 4.78 is 1.99. The summed E-state index contributed by atoms with van der Waals surface area (Å²) in [5.41, 5.74) is 1.13. The van der Waals surface area contributed by atoms with Crippen molar-refractivity contribution < 1.29 is 0 Å². The van der Waals surface area contributed by atoms with Crippen LogP contribution in [0.25, 0.3) is 0 Å². The average Bonchev–Trinajstić information content (AvgIpc) is 2.31. The molecular weight excluding hydrogens is 124 g/mol. The summed E-state index contributed by atoms with van der Waals surface area (Å²) in [6.45, 7) is 5.25. The molecule has 0 aliphatic carbocycles. The van der Waals surface area contributed by atoms with Crippen molar-refractivity contribution in [2.75, 3.05) is 0 Å². The van der Waals surface area contributed by atoms with Gasteiger partial charge in [-0.15, -0.1) is 0 Å². The van der Waals surface area contributed by atoms with Gasteiger partial charge in [-0.2, -0.15) is 5.10 Å². The van der Waals surface area contributed by atoms with E-state index in [9.17, 15) is 0 Å². The van der Waals surface area contributed by atoms with E-state index >= 15 is 0 Å². The first kappa shape index (κ1) is 7.32. The zero-order valence-electron chi connectivity index (χ0n) is 6.59. The van der Waals surface area contributed by atoms with Crippen LogP contribution >= 0.6 is 0 Å². The monoisotopic (exact) mass is 137 g/mol. The lowest BCUT2D eigenvalue weighted by Gasteiger charge is -2.00. The summed E-state index contributed by atoms with van der Waals surface area (Å²) in [6.07, 6.45) is 4.15. The minimum Gasteiger partial charge on any atom is -0.269 e. The van der Waals surface area contributed by atoms with Crippen LogP contribution in [0.3, 0.4) is 0 Å². The minimum absolute atomic E-state index is 1.03. The predicted molar refractivity (Wildman–Crippen MR) is 40.7 cm³/mol. The van der Waals surface area contributed by atoms with Gasteiger partial charge in [-0.25, -0.2) is 0 Å². The highest BCUT2D eigenvalue weighted by atomic mass is 15.3. The Morgan fingerprint density at radius 3 is 3.00 bits per heavy atom. The van der Waals surface area contributed by atoms with Crippen LogP contribution in [0.1, 0.15) is 25.5 Å². The lowest BCUT2D eigenvalue weighted by atomic mass is 10.3. The standard InChI is InChI=1S/C8H13N2/c1-3-4-7-10-8(2)5-6-9-10/h6H,3-4,7H2,1-2H3. The molecule has 1 heterocycles. The number of rotatable bonds is 3. The van der Waals surface area contributed by atoms with Crippen molar-refractivity contribution in [2.24, 2.45) is 0 Å². The molecule has 0 N–H and O–H groups in total. The molecule has 0 aromatic carbocycles. The van der Waals surface area contributed by atoms with Crippen LogP contribution in [0.5, 0.6) is 0 Å². The summed E-state index contributed by atoms with van der Waals surface area (Å²) in [7, 11) is 0. The van der Waals surface area contributed by atoms with E-state index in [1.807, 2.05) is 11.6 Å². The zero-order chi connectivity index (χ0) is 7.40. The Morgan fingerprint density at radius 1 is 1.70 bits per heavy atom. The van der Waals surface area contributed by atoms with Crippen LogP contribution in [-0.4, -0.2) is 9.78 Å². The lowest BCUT2D eigenvalue weighted by molar-refractivity contribution is 0.559. The Bertz CT molecular complexity index is 191. The number of aryl methyl sites for hydroxylation is 2. The van der Waals surface area contributed by atoms with Crippen molar-refractivity contribution in [3.63, 3.8) is 0 Å². The largest absolute Gasteiger partial charge is 0.269 e. The van der Waals surface area contributed by atoms with Gasteiger partial charge in [0, 0.05) is 18.3 Å². The highest BCUT2D eigenvalue weighted by molar-refractivity contribution is 4.93. The molecule has 1 rings (SSSR count). The van der Waals surface area contributed by atoms with Gasteiger partial charge in [0.25, 0.3) is 0 Å². The Balaban J connectivity index is 2.49. The SMILES string of the molecule is CCCCn1nc[c]c1C. The molecule has 10 heavy (non-hydrogen) atoms. The number of nitrogens with zero attached hydrogens (tertiary/aromatic N) is 2. The summed E-state index contributed by atoms with van der Waals surface area (Å²) in [6, 6.07) is 3.03. The molecule has 2 nitrogen and oxygen atoms in total. The van der Waals surface area contributed by atoms with Gasteiger partial charge in [-0.05, 0) is 13.3 Å².